The Morgan fingerprint density at radius 1 is 1.00 bits per heavy atom. The standard InChI is InChI=1S/C23H27N3O4S2/c1-17-4-6-18(7-5-17)23-24-19(16-31-23)15-25-10-12-26(13-11-25)32(27,28)22-14-20(29-2)8-9-21(22)30-3/h4-9,14,16H,10-13,15H2,1-3H3. The fourth-order valence-electron chi connectivity index (χ4n) is 3.69. The Balaban J connectivity index is 1.41. The molecule has 0 spiro atoms. The summed E-state index contributed by atoms with van der Waals surface area (Å²) in [6.45, 7) is 4.89. The van der Waals surface area contributed by atoms with Crippen LogP contribution < -0.4 is 9.47 Å². The molecule has 0 saturated carbocycles. The number of benzene rings is 2. The molecule has 1 aliphatic heterocycles. The van der Waals surface area contributed by atoms with Crippen molar-refractivity contribution < 1.29 is 17.9 Å². The van der Waals surface area contributed by atoms with Crippen LogP contribution in [0.1, 0.15) is 11.3 Å². The lowest BCUT2D eigenvalue weighted by atomic mass is 10.2. The summed E-state index contributed by atoms with van der Waals surface area (Å²) in [6, 6.07) is 13.2. The number of hydrogen-bond acceptors (Lipinski definition) is 7. The molecule has 0 unspecified atom stereocenters. The Labute approximate surface area is 193 Å². The van der Waals surface area contributed by atoms with Gasteiger partial charge in [-0.1, -0.05) is 29.8 Å². The van der Waals surface area contributed by atoms with Gasteiger partial charge in [0.1, 0.15) is 21.4 Å². The monoisotopic (exact) mass is 473 g/mol. The van der Waals surface area contributed by atoms with Crippen LogP contribution in [0.15, 0.2) is 52.7 Å². The molecule has 0 atom stereocenters. The molecule has 0 aliphatic carbocycles. The molecule has 4 rings (SSSR count). The van der Waals surface area contributed by atoms with Gasteiger partial charge in [0.15, 0.2) is 0 Å². The van der Waals surface area contributed by atoms with E-state index in [0.717, 1.165) is 16.3 Å². The molecule has 3 aromatic rings. The summed E-state index contributed by atoms with van der Waals surface area (Å²) in [7, 11) is -0.698. The number of nitrogens with zero attached hydrogens (tertiary/aromatic N) is 3. The highest BCUT2D eigenvalue weighted by molar-refractivity contribution is 7.89. The first-order chi connectivity index (χ1) is 15.4. The Kier molecular flexibility index (Phi) is 6.80. The van der Waals surface area contributed by atoms with E-state index in [2.05, 4.69) is 41.5 Å². The van der Waals surface area contributed by atoms with Crippen LogP contribution in [0.3, 0.4) is 0 Å². The molecule has 0 bridgehead atoms. The molecule has 1 aromatic heterocycles. The Morgan fingerprint density at radius 3 is 2.38 bits per heavy atom. The first-order valence-electron chi connectivity index (χ1n) is 10.4. The average Bonchev–Trinajstić information content (AvgIpc) is 3.28. The van der Waals surface area contributed by atoms with Crippen LogP contribution in [-0.2, 0) is 16.6 Å². The number of sulfonamides is 1. The van der Waals surface area contributed by atoms with E-state index < -0.39 is 10.0 Å². The van der Waals surface area contributed by atoms with E-state index in [4.69, 9.17) is 14.5 Å². The van der Waals surface area contributed by atoms with Crippen LogP contribution in [0.25, 0.3) is 10.6 Å². The van der Waals surface area contributed by atoms with Gasteiger partial charge in [0.2, 0.25) is 10.0 Å². The molecule has 9 heteroatoms. The highest BCUT2D eigenvalue weighted by Crippen LogP contribution is 2.31. The van der Waals surface area contributed by atoms with Gasteiger partial charge in [-0.05, 0) is 19.1 Å². The second kappa shape index (κ2) is 9.58. The zero-order chi connectivity index (χ0) is 22.7. The molecule has 0 N–H and O–H groups in total. The molecule has 0 amide bonds. The predicted octanol–water partition coefficient (Wildman–Crippen LogP) is 3.64. The van der Waals surface area contributed by atoms with Gasteiger partial charge in [0.25, 0.3) is 0 Å². The highest BCUT2D eigenvalue weighted by atomic mass is 32.2. The molecule has 0 radical (unpaired) electrons. The lowest BCUT2D eigenvalue weighted by molar-refractivity contribution is 0.180. The molecule has 1 saturated heterocycles. The molecular weight excluding hydrogens is 446 g/mol. The van der Waals surface area contributed by atoms with Crippen LogP contribution in [0, 0.1) is 6.92 Å². The van der Waals surface area contributed by atoms with E-state index in [0.29, 0.717) is 44.2 Å². The second-order valence-electron chi connectivity index (χ2n) is 7.71. The lowest BCUT2D eigenvalue weighted by Gasteiger charge is -2.33. The summed E-state index contributed by atoms with van der Waals surface area (Å²) in [5.41, 5.74) is 3.36. The summed E-state index contributed by atoms with van der Waals surface area (Å²) in [5.74, 6) is 0.801. The fraction of sp³-hybridized carbons (Fsp3) is 0.348. The van der Waals surface area contributed by atoms with Crippen LogP contribution in [0.4, 0.5) is 0 Å². The number of ether oxygens (including phenoxy) is 2. The van der Waals surface area contributed by atoms with Gasteiger partial charge in [0.05, 0.1) is 19.9 Å². The normalized spacial score (nSPS) is 15.6. The molecule has 1 fully saturated rings. The van der Waals surface area contributed by atoms with Crippen molar-refractivity contribution in [3.63, 3.8) is 0 Å². The van der Waals surface area contributed by atoms with Gasteiger partial charge in [0, 0.05) is 49.7 Å². The second-order valence-corrected chi connectivity index (χ2v) is 10.5. The maximum absolute atomic E-state index is 13.2. The number of rotatable bonds is 7. The zero-order valence-corrected chi connectivity index (χ0v) is 20.1. The van der Waals surface area contributed by atoms with E-state index >= 15 is 0 Å². The number of aromatic nitrogens is 1. The first-order valence-corrected chi connectivity index (χ1v) is 12.7. The minimum absolute atomic E-state index is 0.134. The fourth-order valence-corrected chi connectivity index (χ4v) is 6.10. The van der Waals surface area contributed by atoms with Gasteiger partial charge >= 0.3 is 0 Å². The third-order valence-corrected chi connectivity index (χ3v) is 8.42. The zero-order valence-electron chi connectivity index (χ0n) is 18.4. The molecule has 7 nitrogen and oxygen atoms in total. The molecule has 170 valence electrons. The maximum atomic E-state index is 13.2. The van der Waals surface area contributed by atoms with E-state index in [1.165, 1.54) is 30.2 Å². The van der Waals surface area contributed by atoms with Crippen molar-refractivity contribution in [2.24, 2.45) is 0 Å². The summed E-state index contributed by atoms with van der Waals surface area (Å²) in [4.78, 5) is 7.15. The molecular formula is C23H27N3O4S2. The summed E-state index contributed by atoms with van der Waals surface area (Å²) in [5, 5.41) is 3.09. The SMILES string of the molecule is COc1ccc(OC)c(S(=O)(=O)N2CCN(Cc3csc(-c4ccc(C)cc4)n3)CC2)c1. The van der Waals surface area contributed by atoms with Crippen LogP contribution in [-0.4, -0.2) is 63.0 Å². The topological polar surface area (TPSA) is 72.0 Å². The summed E-state index contributed by atoms with van der Waals surface area (Å²) in [6.07, 6.45) is 0. The van der Waals surface area contributed by atoms with Crippen molar-refractivity contribution in [2.75, 3.05) is 40.4 Å². The van der Waals surface area contributed by atoms with E-state index in [1.807, 2.05) is 0 Å². The number of hydrogen-bond donors (Lipinski definition) is 0. The average molecular weight is 474 g/mol. The molecule has 2 aromatic carbocycles. The Bertz CT molecular complexity index is 1170. The summed E-state index contributed by atoms with van der Waals surface area (Å²) >= 11 is 1.64. The van der Waals surface area contributed by atoms with Gasteiger partial charge in [-0.15, -0.1) is 11.3 Å². The quantitative estimate of drug-likeness (QED) is 0.522. The molecule has 1 aliphatic rings. The van der Waals surface area contributed by atoms with Gasteiger partial charge in [-0.25, -0.2) is 13.4 Å². The van der Waals surface area contributed by atoms with Crippen LogP contribution >= 0.6 is 11.3 Å². The van der Waals surface area contributed by atoms with Gasteiger partial charge in [-0.3, -0.25) is 4.90 Å². The van der Waals surface area contributed by atoms with Crippen molar-refractivity contribution in [1.82, 2.24) is 14.2 Å². The number of aryl methyl sites for hydroxylation is 1. The van der Waals surface area contributed by atoms with Crippen LogP contribution in [0.5, 0.6) is 11.5 Å². The smallest absolute Gasteiger partial charge is 0.246 e. The maximum Gasteiger partial charge on any atom is 0.246 e. The Hall–Kier alpha value is -2.46. The third-order valence-electron chi connectivity index (χ3n) is 5.56. The first kappa shape index (κ1) is 22.7. The number of piperazine rings is 1. The van der Waals surface area contributed by atoms with Crippen molar-refractivity contribution in [1.29, 1.82) is 0 Å². The third kappa shape index (κ3) is 4.80. The molecule has 32 heavy (non-hydrogen) atoms. The lowest BCUT2D eigenvalue weighted by Crippen LogP contribution is -2.48. The van der Waals surface area contributed by atoms with Crippen molar-refractivity contribution in [3.05, 3.63) is 59.1 Å². The highest BCUT2D eigenvalue weighted by Gasteiger charge is 2.31. The van der Waals surface area contributed by atoms with Crippen molar-refractivity contribution >= 4 is 21.4 Å². The summed E-state index contributed by atoms with van der Waals surface area (Å²) < 4.78 is 38.5. The minimum Gasteiger partial charge on any atom is -0.497 e. The molecule has 2 heterocycles. The van der Waals surface area contributed by atoms with E-state index in [-0.39, 0.29) is 4.90 Å². The Morgan fingerprint density at radius 2 is 1.72 bits per heavy atom. The van der Waals surface area contributed by atoms with Gasteiger partial charge < -0.3 is 9.47 Å². The van der Waals surface area contributed by atoms with E-state index in [1.54, 1.807) is 23.5 Å². The van der Waals surface area contributed by atoms with Crippen molar-refractivity contribution in [2.45, 2.75) is 18.4 Å². The predicted molar refractivity (Wildman–Crippen MR) is 126 cm³/mol. The largest absolute Gasteiger partial charge is 0.497 e. The number of methoxy groups -OCH3 is 2. The van der Waals surface area contributed by atoms with Crippen LogP contribution in [0.2, 0.25) is 0 Å². The minimum atomic E-state index is -3.68. The van der Waals surface area contributed by atoms with Gasteiger partial charge in [-0.2, -0.15) is 4.31 Å². The van der Waals surface area contributed by atoms with E-state index in [9.17, 15) is 8.42 Å². The van der Waals surface area contributed by atoms with Crippen molar-refractivity contribution in [3.8, 4) is 22.1 Å². The number of thiazole rings is 1.